The molecule has 0 aromatic carbocycles. The van der Waals surface area contributed by atoms with Crippen LogP contribution in [0.5, 0.6) is 0 Å². The van der Waals surface area contributed by atoms with Crippen molar-refractivity contribution in [3.63, 3.8) is 0 Å². The number of aliphatic imine (C=N–C) groups is 1. The van der Waals surface area contributed by atoms with Crippen LogP contribution in [0, 0.1) is 0 Å². The fraction of sp³-hybridized carbons (Fsp3) is 0.500. The molecule has 1 aromatic rings. The lowest BCUT2D eigenvalue weighted by atomic mass is 10.1. The lowest BCUT2D eigenvalue weighted by Crippen LogP contribution is -2.26. The molecular formula is C22H34BrN5. The van der Waals surface area contributed by atoms with Crippen molar-refractivity contribution in [3.8, 4) is 0 Å². The van der Waals surface area contributed by atoms with Gasteiger partial charge in [-0.3, -0.25) is 15.0 Å². The van der Waals surface area contributed by atoms with Crippen LogP contribution in [0.2, 0.25) is 0 Å². The molecule has 1 aromatic heterocycles. The van der Waals surface area contributed by atoms with Crippen LogP contribution in [-0.2, 0) is 6.54 Å². The summed E-state index contributed by atoms with van der Waals surface area (Å²) in [6.07, 6.45) is 16.0. The smallest absolute Gasteiger partial charge is 0.124 e. The van der Waals surface area contributed by atoms with Gasteiger partial charge in [0.05, 0.1) is 6.21 Å². The average Bonchev–Trinajstić information content (AvgIpc) is 2.71. The highest BCUT2D eigenvalue weighted by atomic mass is 79.9. The van der Waals surface area contributed by atoms with Crippen LogP contribution in [0.3, 0.4) is 0 Å². The van der Waals surface area contributed by atoms with E-state index in [1.54, 1.807) is 23.6 Å². The van der Waals surface area contributed by atoms with E-state index in [0.717, 1.165) is 34.4 Å². The van der Waals surface area contributed by atoms with Gasteiger partial charge in [0, 0.05) is 49.3 Å². The normalized spacial score (nSPS) is 12.4. The Hall–Kier alpha value is -1.95. The van der Waals surface area contributed by atoms with Gasteiger partial charge in [0.25, 0.3) is 0 Å². The molecule has 0 atom stereocenters. The Labute approximate surface area is 178 Å². The minimum Gasteiger partial charge on any atom is -0.366 e. The SMILES string of the molecule is C=C(Br)/C=N\N(C)/C(=C\C(CCCCCCCC)=N/C)NCc1ccncc1. The molecule has 1 rings (SSSR count). The molecule has 0 spiro atoms. The molecule has 1 N–H and O–H groups in total. The first-order valence-corrected chi connectivity index (χ1v) is 10.8. The number of hydrogen-bond acceptors (Lipinski definition) is 5. The van der Waals surface area contributed by atoms with E-state index in [4.69, 9.17) is 0 Å². The Kier molecular flexibility index (Phi) is 12.9. The summed E-state index contributed by atoms with van der Waals surface area (Å²) in [5.41, 5.74) is 2.24. The molecule has 0 fully saturated rings. The third-order valence-electron chi connectivity index (χ3n) is 4.32. The fourth-order valence-corrected chi connectivity index (χ4v) is 2.75. The lowest BCUT2D eigenvalue weighted by molar-refractivity contribution is 0.408. The highest BCUT2D eigenvalue weighted by molar-refractivity contribution is 9.12. The second-order valence-corrected chi connectivity index (χ2v) is 7.70. The minimum absolute atomic E-state index is 0.692. The monoisotopic (exact) mass is 447 g/mol. The molecule has 0 amide bonds. The molecule has 0 saturated heterocycles. The Morgan fingerprint density at radius 2 is 1.89 bits per heavy atom. The van der Waals surface area contributed by atoms with Crippen LogP contribution >= 0.6 is 15.9 Å². The molecule has 0 aliphatic rings. The van der Waals surface area contributed by atoms with Gasteiger partial charge in [0.15, 0.2) is 0 Å². The van der Waals surface area contributed by atoms with Gasteiger partial charge < -0.3 is 5.32 Å². The molecule has 1 heterocycles. The maximum atomic E-state index is 4.48. The van der Waals surface area contributed by atoms with E-state index in [1.807, 2.05) is 26.2 Å². The van der Waals surface area contributed by atoms with Crippen molar-refractivity contribution in [2.45, 2.75) is 58.4 Å². The molecule has 0 aliphatic heterocycles. The maximum Gasteiger partial charge on any atom is 0.124 e. The van der Waals surface area contributed by atoms with Gasteiger partial charge in [0.1, 0.15) is 5.82 Å². The number of halogens is 1. The van der Waals surface area contributed by atoms with E-state index in [9.17, 15) is 0 Å². The highest BCUT2D eigenvalue weighted by Crippen LogP contribution is 2.10. The molecule has 0 bridgehead atoms. The summed E-state index contributed by atoms with van der Waals surface area (Å²) in [6, 6.07) is 4.00. The van der Waals surface area contributed by atoms with E-state index >= 15 is 0 Å². The third kappa shape index (κ3) is 11.0. The van der Waals surface area contributed by atoms with Crippen LogP contribution < -0.4 is 5.32 Å². The number of pyridine rings is 1. The number of nitrogens with zero attached hydrogens (tertiary/aromatic N) is 4. The number of nitrogens with one attached hydrogen (secondary N) is 1. The van der Waals surface area contributed by atoms with Crippen LogP contribution in [0.25, 0.3) is 0 Å². The first kappa shape index (κ1) is 24.1. The van der Waals surface area contributed by atoms with Gasteiger partial charge in [-0.15, -0.1) is 0 Å². The molecule has 28 heavy (non-hydrogen) atoms. The van der Waals surface area contributed by atoms with Crippen LogP contribution in [-0.4, -0.2) is 36.0 Å². The summed E-state index contributed by atoms with van der Waals surface area (Å²) in [5, 5.41) is 9.69. The van der Waals surface area contributed by atoms with Gasteiger partial charge in [0.2, 0.25) is 0 Å². The molecule has 154 valence electrons. The molecule has 6 heteroatoms. The number of aromatic nitrogens is 1. The highest BCUT2D eigenvalue weighted by Gasteiger charge is 2.06. The maximum absolute atomic E-state index is 4.48. The van der Waals surface area contributed by atoms with Gasteiger partial charge in [-0.2, -0.15) is 5.10 Å². The van der Waals surface area contributed by atoms with E-state index in [2.05, 4.69) is 55.9 Å². The zero-order valence-corrected chi connectivity index (χ0v) is 19.1. The molecule has 0 unspecified atom stereocenters. The largest absolute Gasteiger partial charge is 0.366 e. The summed E-state index contributed by atoms with van der Waals surface area (Å²) >= 11 is 3.31. The number of allylic oxidation sites excluding steroid dienone is 2. The molecule has 5 nitrogen and oxygen atoms in total. The average molecular weight is 448 g/mol. The fourth-order valence-electron chi connectivity index (χ4n) is 2.66. The number of rotatable bonds is 14. The summed E-state index contributed by atoms with van der Waals surface area (Å²) in [6.45, 7) is 6.74. The Morgan fingerprint density at radius 1 is 1.21 bits per heavy atom. The standard InChI is InChI=1S/C22H34BrN5/c1-5-6-7-8-9-10-11-21(24-3)16-22(28(4)27-17-19(2)23)26-18-20-12-14-25-15-13-20/h12-17,26H,2,5-11,18H2,1,3-4H3/b22-16-,24-21-,27-17-. The Bertz CT molecular complexity index is 652. The number of hydrazone groups is 1. The number of hydrogen-bond donors (Lipinski definition) is 1. The first-order chi connectivity index (χ1) is 13.6. The summed E-state index contributed by atoms with van der Waals surface area (Å²) in [5.74, 6) is 0.897. The van der Waals surface area contributed by atoms with Crippen LogP contribution in [0.15, 0.2) is 57.6 Å². The van der Waals surface area contributed by atoms with E-state index in [1.165, 1.54) is 32.1 Å². The Morgan fingerprint density at radius 3 is 2.54 bits per heavy atom. The van der Waals surface area contributed by atoms with E-state index < -0.39 is 0 Å². The van der Waals surface area contributed by atoms with Crippen molar-refractivity contribution in [2.24, 2.45) is 10.1 Å². The Balaban J connectivity index is 2.74. The summed E-state index contributed by atoms with van der Waals surface area (Å²) < 4.78 is 0.726. The zero-order valence-electron chi connectivity index (χ0n) is 17.5. The summed E-state index contributed by atoms with van der Waals surface area (Å²) in [4.78, 5) is 8.55. The van der Waals surface area contributed by atoms with Gasteiger partial charge in [-0.1, -0.05) is 45.6 Å². The third-order valence-corrected chi connectivity index (χ3v) is 4.52. The predicted octanol–water partition coefficient (Wildman–Crippen LogP) is 5.66. The van der Waals surface area contributed by atoms with Crippen molar-refractivity contribution >= 4 is 27.9 Å². The van der Waals surface area contributed by atoms with Crippen molar-refractivity contribution in [1.82, 2.24) is 15.3 Å². The van der Waals surface area contributed by atoms with Gasteiger partial charge in [-0.25, -0.2) is 0 Å². The van der Waals surface area contributed by atoms with Crippen LogP contribution in [0.1, 0.15) is 57.4 Å². The zero-order chi connectivity index (χ0) is 20.6. The first-order valence-electron chi connectivity index (χ1n) is 9.99. The second kappa shape index (κ2) is 15.0. The van der Waals surface area contributed by atoms with Crippen molar-refractivity contribution in [2.75, 3.05) is 14.1 Å². The lowest BCUT2D eigenvalue weighted by Gasteiger charge is -2.19. The second-order valence-electron chi connectivity index (χ2n) is 6.69. The molecular weight excluding hydrogens is 414 g/mol. The van der Waals surface area contributed by atoms with Crippen molar-refractivity contribution < 1.29 is 0 Å². The quantitative estimate of drug-likeness (QED) is 0.227. The van der Waals surface area contributed by atoms with Gasteiger partial charge in [-0.05, 0) is 46.5 Å². The van der Waals surface area contributed by atoms with Crippen molar-refractivity contribution in [3.05, 3.63) is 53.0 Å². The van der Waals surface area contributed by atoms with E-state index in [-0.39, 0.29) is 0 Å². The van der Waals surface area contributed by atoms with E-state index in [0.29, 0.717) is 6.54 Å². The summed E-state index contributed by atoms with van der Waals surface area (Å²) in [7, 11) is 3.77. The molecule has 0 aliphatic carbocycles. The molecule has 0 radical (unpaired) electrons. The van der Waals surface area contributed by atoms with Crippen molar-refractivity contribution in [1.29, 1.82) is 0 Å². The predicted molar refractivity (Wildman–Crippen MR) is 125 cm³/mol. The topological polar surface area (TPSA) is 52.9 Å². The van der Waals surface area contributed by atoms with Gasteiger partial charge >= 0.3 is 0 Å². The minimum atomic E-state index is 0.692. The van der Waals surface area contributed by atoms with Crippen LogP contribution in [0.4, 0.5) is 0 Å². The number of unbranched alkanes of at least 4 members (excludes halogenated alkanes) is 5. The molecule has 0 saturated carbocycles.